The zero-order valence-corrected chi connectivity index (χ0v) is 14.0. The number of halogens is 1. The quantitative estimate of drug-likeness (QED) is 0.702. The molecule has 1 aliphatic rings. The number of aromatic nitrogens is 3. The van der Waals surface area contributed by atoms with Crippen LogP contribution in [-0.4, -0.2) is 15.2 Å². The molecule has 0 spiro atoms. The van der Waals surface area contributed by atoms with Crippen LogP contribution in [0.15, 0.2) is 55.0 Å². The smallest absolute Gasteiger partial charge is 0.0710 e. The highest BCUT2D eigenvalue weighted by atomic mass is 35.5. The van der Waals surface area contributed by atoms with E-state index in [2.05, 4.69) is 32.6 Å². The average molecular weight is 339 g/mol. The van der Waals surface area contributed by atoms with E-state index in [4.69, 9.17) is 11.6 Å². The molecule has 4 nitrogen and oxygen atoms in total. The lowest BCUT2D eigenvalue weighted by molar-refractivity contribution is 0.481. The molecule has 1 saturated carbocycles. The Bertz CT molecular complexity index is 794. The summed E-state index contributed by atoms with van der Waals surface area (Å²) >= 11 is 6.02. The molecule has 0 amide bonds. The Morgan fingerprint density at radius 3 is 2.71 bits per heavy atom. The van der Waals surface area contributed by atoms with Gasteiger partial charge in [-0.25, -0.2) is 0 Å². The highest BCUT2D eigenvalue weighted by Crippen LogP contribution is 2.41. The zero-order chi connectivity index (χ0) is 16.4. The van der Waals surface area contributed by atoms with E-state index < -0.39 is 0 Å². The zero-order valence-electron chi connectivity index (χ0n) is 13.2. The van der Waals surface area contributed by atoms with Crippen molar-refractivity contribution in [2.75, 3.05) is 0 Å². The Hall–Kier alpha value is -2.17. The molecule has 24 heavy (non-hydrogen) atoms. The van der Waals surface area contributed by atoms with Gasteiger partial charge in [-0.15, -0.1) is 0 Å². The summed E-state index contributed by atoms with van der Waals surface area (Å²) in [6.07, 6.45) is 8.08. The third kappa shape index (κ3) is 3.35. The van der Waals surface area contributed by atoms with Crippen LogP contribution in [-0.2, 0) is 6.54 Å². The third-order valence-corrected chi connectivity index (χ3v) is 4.76. The Morgan fingerprint density at radius 2 is 2.00 bits per heavy atom. The molecule has 2 heterocycles. The van der Waals surface area contributed by atoms with Gasteiger partial charge in [0.2, 0.25) is 0 Å². The molecule has 1 aromatic carbocycles. The first-order valence-electron chi connectivity index (χ1n) is 8.23. The largest absolute Gasteiger partial charge is 0.305 e. The minimum atomic E-state index is 0.360. The van der Waals surface area contributed by atoms with Crippen molar-refractivity contribution in [1.82, 2.24) is 20.5 Å². The first-order chi connectivity index (χ1) is 11.8. The van der Waals surface area contributed by atoms with Gasteiger partial charge >= 0.3 is 0 Å². The van der Waals surface area contributed by atoms with Gasteiger partial charge in [-0.05, 0) is 48.6 Å². The van der Waals surface area contributed by atoms with Crippen LogP contribution in [0.4, 0.5) is 0 Å². The van der Waals surface area contributed by atoms with Crippen LogP contribution in [0.25, 0.3) is 11.3 Å². The SMILES string of the molecule is Clc1ccc(C(NCc2cn[nH]c2-c2cccnc2)C2CC2)cc1. The van der Waals surface area contributed by atoms with Crippen LogP contribution in [0, 0.1) is 5.92 Å². The Labute approximate surface area is 146 Å². The molecule has 122 valence electrons. The van der Waals surface area contributed by atoms with Crippen LogP contribution in [0.5, 0.6) is 0 Å². The van der Waals surface area contributed by atoms with Crippen molar-refractivity contribution < 1.29 is 0 Å². The van der Waals surface area contributed by atoms with E-state index >= 15 is 0 Å². The molecule has 0 bridgehead atoms. The molecule has 1 fully saturated rings. The summed E-state index contributed by atoms with van der Waals surface area (Å²) in [5.41, 5.74) is 4.54. The van der Waals surface area contributed by atoms with E-state index in [0.29, 0.717) is 12.0 Å². The molecule has 1 aliphatic carbocycles. The number of nitrogens with one attached hydrogen (secondary N) is 2. The van der Waals surface area contributed by atoms with E-state index in [-0.39, 0.29) is 0 Å². The van der Waals surface area contributed by atoms with Gasteiger partial charge in [0.1, 0.15) is 0 Å². The lowest BCUT2D eigenvalue weighted by Crippen LogP contribution is -2.22. The number of H-pyrrole nitrogens is 1. The molecule has 0 radical (unpaired) electrons. The van der Waals surface area contributed by atoms with E-state index in [1.807, 2.05) is 36.7 Å². The lowest BCUT2D eigenvalue weighted by atomic mass is 10.0. The van der Waals surface area contributed by atoms with Crippen molar-refractivity contribution in [2.24, 2.45) is 5.92 Å². The molecule has 1 atom stereocenters. The summed E-state index contributed by atoms with van der Waals surface area (Å²) in [5.74, 6) is 0.708. The fraction of sp³-hybridized carbons (Fsp3) is 0.263. The van der Waals surface area contributed by atoms with Gasteiger partial charge in [0, 0.05) is 41.1 Å². The molecule has 3 aromatic rings. The van der Waals surface area contributed by atoms with Gasteiger partial charge in [-0.2, -0.15) is 5.10 Å². The molecule has 0 aliphatic heterocycles. The molecule has 4 rings (SSSR count). The molecule has 5 heteroatoms. The summed E-state index contributed by atoms with van der Waals surface area (Å²) in [7, 11) is 0. The van der Waals surface area contributed by atoms with Crippen LogP contribution in [0.3, 0.4) is 0 Å². The van der Waals surface area contributed by atoms with Crippen molar-refractivity contribution in [1.29, 1.82) is 0 Å². The van der Waals surface area contributed by atoms with Crippen LogP contribution < -0.4 is 5.32 Å². The summed E-state index contributed by atoms with van der Waals surface area (Å²) in [6, 6.07) is 12.5. The normalized spacial score (nSPS) is 15.4. The second kappa shape index (κ2) is 6.75. The molecule has 2 N–H and O–H groups in total. The predicted molar refractivity (Wildman–Crippen MR) is 95.6 cm³/mol. The van der Waals surface area contributed by atoms with Crippen molar-refractivity contribution >= 4 is 11.6 Å². The number of pyridine rings is 1. The Morgan fingerprint density at radius 1 is 1.17 bits per heavy atom. The van der Waals surface area contributed by atoms with Gasteiger partial charge in [0.15, 0.2) is 0 Å². The number of rotatable bonds is 6. The maximum atomic E-state index is 6.02. The third-order valence-electron chi connectivity index (χ3n) is 4.50. The van der Waals surface area contributed by atoms with E-state index in [1.54, 1.807) is 6.20 Å². The second-order valence-electron chi connectivity index (χ2n) is 6.26. The van der Waals surface area contributed by atoms with Gasteiger partial charge in [0.05, 0.1) is 11.9 Å². The maximum absolute atomic E-state index is 6.02. The summed E-state index contributed by atoms with van der Waals surface area (Å²) in [5, 5.41) is 11.8. The summed E-state index contributed by atoms with van der Waals surface area (Å²) in [4.78, 5) is 4.19. The maximum Gasteiger partial charge on any atom is 0.0710 e. The highest BCUT2D eigenvalue weighted by molar-refractivity contribution is 6.30. The topological polar surface area (TPSA) is 53.6 Å². The van der Waals surface area contributed by atoms with Crippen molar-refractivity contribution in [3.05, 3.63) is 71.1 Å². The molecular weight excluding hydrogens is 320 g/mol. The second-order valence-corrected chi connectivity index (χ2v) is 6.70. The van der Waals surface area contributed by atoms with Crippen LogP contribution in [0.2, 0.25) is 5.02 Å². The molecule has 0 saturated heterocycles. The Kier molecular flexibility index (Phi) is 4.32. The standard InChI is InChI=1S/C19H19ClN4/c20-17-7-5-14(6-8-17)18(13-3-4-13)22-11-16-12-23-24-19(16)15-2-1-9-21-10-15/h1-2,5-10,12-13,18,22H,3-4,11H2,(H,23,24). The van der Waals surface area contributed by atoms with E-state index in [9.17, 15) is 0 Å². The Balaban J connectivity index is 1.51. The monoisotopic (exact) mass is 338 g/mol. The predicted octanol–water partition coefficient (Wildman–Crippen LogP) is 4.37. The first kappa shape index (κ1) is 15.4. The number of benzene rings is 1. The average Bonchev–Trinajstić information content (AvgIpc) is 3.35. The van der Waals surface area contributed by atoms with Gasteiger partial charge in [0.25, 0.3) is 0 Å². The fourth-order valence-electron chi connectivity index (χ4n) is 3.08. The van der Waals surface area contributed by atoms with Crippen molar-refractivity contribution in [3.8, 4) is 11.3 Å². The van der Waals surface area contributed by atoms with E-state index in [0.717, 1.165) is 28.4 Å². The first-order valence-corrected chi connectivity index (χ1v) is 8.60. The summed E-state index contributed by atoms with van der Waals surface area (Å²) in [6.45, 7) is 0.768. The van der Waals surface area contributed by atoms with Gasteiger partial charge in [-0.1, -0.05) is 23.7 Å². The van der Waals surface area contributed by atoms with E-state index in [1.165, 1.54) is 18.4 Å². The minimum absolute atomic E-state index is 0.360. The fourth-order valence-corrected chi connectivity index (χ4v) is 3.21. The molecule has 2 aromatic heterocycles. The number of hydrogen-bond donors (Lipinski definition) is 2. The number of aromatic amines is 1. The summed E-state index contributed by atoms with van der Waals surface area (Å²) < 4.78 is 0. The molecule has 1 unspecified atom stereocenters. The van der Waals surface area contributed by atoms with Crippen LogP contribution >= 0.6 is 11.6 Å². The van der Waals surface area contributed by atoms with Gasteiger partial charge in [-0.3, -0.25) is 10.1 Å². The van der Waals surface area contributed by atoms with Crippen molar-refractivity contribution in [3.63, 3.8) is 0 Å². The number of nitrogens with zero attached hydrogens (tertiary/aromatic N) is 2. The molecular formula is C19H19ClN4. The van der Waals surface area contributed by atoms with Crippen LogP contribution in [0.1, 0.15) is 30.0 Å². The number of hydrogen-bond acceptors (Lipinski definition) is 3. The van der Waals surface area contributed by atoms with Crippen molar-refractivity contribution in [2.45, 2.75) is 25.4 Å². The minimum Gasteiger partial charge on any atom is -0.305 e. The highest BCUT2D eigenvalue weighted by Gasteiger charge is 2.32. The van der Waals surface area contributed by atoms with Gasteiger partial charge < -0.3 is 5.32 Å². The lowest BCUT2D eigenvalue weighted by Gasteiger charge is -2.19.